The van der Waals surface area contributed by atoms with E-state index in [1.165, 1.54) is 4.88 Å². The summed E-state index contributed by atoms with van der Waals surface area (Å²) in [5.41, 5.74) is 1.55. The Morgan fingerprint density at radius 1 is 1.40 bits per heavy atom. The van der Waals surface area contributed by atoms with E-state index in [1.807, 2.05) is 12.1 Å². The molecule has 1 unspecified atom stereocenters. The number of halogens is 1. The van der Waals surface area contributed by atoms with E-state index >= 15 is 0 Å². The number of hydrogen-bond donors (Lipinski definition) is 1. The quantitative estimate of drug-likeness (QED) is 0.780. The first kappa shape index (κ1) is 15.1. The molecule has 2 aromatic rings. The summed E-state index contributed by atoms with van der Waals surface area (Å²) in [6.07, 6.45) is 0. The van der Waals surface area contributed by atoms with Gasteiger partial charge < -0.3 is 10.1 Å². The molecule has 106 valence electrons. The zero-order valence-corrected chi connectivity index (χ0v) is 13.8. The number of benzene rings is 1. The molecule has 1 heterocycles. The molecule has 0 spiro atoms. The molecule has 0 amide bonds. The third kappa shape index (κ3) is 3.84. The van der Waals surface area contributed by atoms with Crippen molar-refractivity contribution in [2.45, 2.75) is 19.9 Å². The van der Waals surface area contributed by atoms with Crippen LogP contribution >= 0.6 is 27.3 Å². The van der Waals surface area contributed by atoms with Crippen molar-refractivity contribution in [3.63, 3.8) is 0 Å². The largest absolute Gasteiger partial charge is 0.462 e. The van der Waals surface area contributed by atoms with Crippen LogP contribution in [0.1, 0.15) is 35.1 Å². The lowest BCUT2D eigenvalue weighted by molar-refractivity contribution is 0.0526. The third-order valence-electron chi connectivity index (χ3n) is 2.79. The van der Waals surface area contributed by atoms with Gasteiger partial charge in [0, 0.05) is 20.4 Å². The highest BCUT2D eigenvalue weighted by Gasteiger charge is 2.09. The summed E-state index contributed by atoms with van der Waals surface area (Å²) < 4.78 is 6.06. The van der Waals surface area contributed by atoms with E-state index in [4.69, 9.17) is 4.74 Å². The average molecular weight is 354 g/mol. The van der Waals surface area contributed by atoms with Gasteiger partial charge in [0.05, 0.1) is 18.2 Å². The van der Waals surface area contributed by atoms with Crippen LogP contribution in [0.4, 0.5) is 5.69 Å². The molecule has 3 nitrogen and oxygen atoms in total. The van der Waals surface area contributed by atoms with Crippen molar-refractivity contribution < 1.29 is 9.53 Å². The first-order valence-corrected chi connectivity index (χ1v) is 8.05. The molecule has 20 heavy (non-hydrogen) atoms. The Morgan fingerprint density at radius 2 is 2.10 bits per heavy atom. The minimum atomic E-state index is -0.283. The molecule has 5 heteroatoms. The van der Waals surface area contributed by atoms with Gasteiger partial charge in [-0.25, -0.2) is 4.79 Å². The summed E-state index contributed by atoms with van der Waals surface area (Å²) in [6.45, 7) is 4.30. The average Bonchev–Trinajstić information content (AvgIpc) is 2.86. The van der Waals surface area contributed by atoms with Crippen LogP contribution in [0, 0.1) is 0 Å². The molecule has 0 saturated carbocycles. The molecular formula is C15H16BrNO2S. The van der Waals surface area contributed by atoms with E-state index in [-0.39, 0.29) is 12.0 Å². The van der Waals surface area contributed by atoms with Crippen LogP contribution < -0.4 is 5.32 Å². The van der Waals surface area contributed by atoms with E-state index in [0.717, 1.165) is 10.2 Å². The maximum absolute atomic E-state index is 11.6. The van der Waals surface area contributed by atoms with Crippen molar-refractivity contribution in [3.8, 4) is 0 Å². The summed E-state index contributed by atoms with van der Waals surface area (Å²) in [4.78, 5) is 12.8. The lowest BCUT2D eigenvalue weighted by Gasteiger charge is -2.13. The maximum atomic E-state index is 11.6. The SMILES string of the molecule is CCOC(=O)c1ccc(NC(C)c2cc(Br)cs2)cc1. The van der Waals surface area contributed by atoms with Gasteiger partial charge >= 0.3 is 5.97 Å². The molecular weight excluding hydrogens is 338 g/mol. The summed E-state index contributed by atoms with van der Waals surface area (Å²) in [5.74, 6) is -0.283. The number of carbonyl (C=O) groups is 1. The molecule has 1 atom stereocenters. The Morgan fingerprint density at radius 3 is 2.65 bits per heavy atom. The minimum absolute atomic E-state index is 0.222. The highest BCUT2D eigenvalue weighted by molar-refractivity contribution is 9.10. The van der Waals surface area contributed by atoms with Gasteiger partial charge in [-0.05, 0) is 60.1 Å². The Kier molecular flexibility index (Phi) is 5.20. The Bertz CT molecular complexity index is 580. The van der Waals surface area contributed by atoms with Crippen LogP contribution in [0.3, 0.4) is 0 Å². The van der Waals surface area contributed by atoms with Crippen LogP contribution in [0.25, 0.3) is 0 Å². The predicted molar refractivity (Wildman–Crippen MR) is 86.5 cm³/mol. The Balaban J connectivity index is 2.01. The van der Waals surface area contributed by atoms with E-state index in [2.05, 4.69) is 39.6 Å². The van der Waals surface area contributed by atoms with Gasteiger partial charge in [-0.15, -0.1) is 11.3 Å². The van der Waals surface area contributed by atoms with Crippen molar-refractivity contribution in [1.29, 1.82) is 0 Å². The van der Waals surface area contributed by atoms with Crippen LogP contribution in [0.5, 0.6) is 0 Å². The Labute approximate surface area is 131 Å². The van der Waals surface area contributed by atoms with Gasteiger partial charge in [0.25, 0.3) is 0 Å². The fourth-order valence-corrected chi connectivity index (χ4v) is 3.25. The second-order valence-electron chi connectivity index (χ2n) is 4.33. The lowest BCUT2D eigenvalue weighted by atomic mass is 10.2. The molecule has 1 aromatic heterocycles. The van der Waals surface area contributed by atoms with Crippen molar-refractivity contribution in [3.05, 3.63) is 50.6 Å². The highest BCUT2D eigenvalue weighted by Crippen LogP contribution is 2.27. The van der Waals surface area contributed by atoms with E-state index in [1.54, 1.807) is 30.4 Å². The van der Waals surface area contributed by atoms with Gasteiger partial charge in [-0.1, -0.05) is 0 Å². The molecule has 0 bridgehead atoms. The lowest BCUT2D eigenvalue weighted by Crippen LogP contribution is -2.06. The number of ether oxygens (including phenoxy) is 1. The molecule has 1 N–H and O–H groups in total. The molecule has 0 aliphatic heterocycles. The summed E-state index contributed by atoms with van der Waals surface area (Å²) in [5, 5.41) is 5.47. The number of carbonyl (C=O) groups excluding carboxylic acids is 1. The molecule has 0 saturated heterocycles. The van der Waals surface area contributed by atoms with Crippen molar-refractivity contribution in [2.75, 3.05) is 11.9 Å². The normalized spacial score (nSPS) is 11.9. The smallest absolute Gasteiger partial charge is 0.338 e. The predicted octanol–water partition coefficient (Wildman–Crippen LogP) is 4.86. The number of hydrogen-bond acceptors (Lipinski definition) is 4. The molecule has 0 aliphatic rings. The molecule has 0 radical (unpaired) electrons. The Hall–Kier alpha value is -1.33. The second-order valence-corrected chi connectivity index (χ2v) is 6.19. The monoisotopic (exact) mass is 353 g/mol. The fraction of sp³-hybridized carbons (Fsp3) is 0.267. The summed E-state index contributed by atoms with van der Waals surface area (Å²) in [6, 6.07) is 9.67. The number of esters is 1. The van der Waals surface area contributed by atoms with Crippen LogP contribution in [0.15, 0.2) is 40.2 Å². The first-order chi connectivity index (χ1) is 9.60. The molecule has 1 aromatic carbocycles. The maximum Gasteiger partial charge on any atom is 0.338 e. The van der Waals surface area contributed by atoms with Crippen molar-refractivity contribution in [2.24, 2.45) is 0 Å². The van der Waals surface area contributed by atoms with E-state index < -0.39 is 0 Å². The summed E-state index contributed by atoms with van der Waals surface area (Å²) in [7, 11) is 0. The van der Waals surface area contributed by atoms with Gasteiger partial charge in [-0.2, -0.15) is 0 Å². The summed E-state index contributed by atoms with van der Waals surface area (Å²) >= 11 is 5.17. The van der Waals surface area contributed by atoms with E-state index in [0.29, 0.717) is 12.2 Å². The number of nitrogens with one attached hydrogen (secondary N) is 1. The van der Waals surface area contributed by atoms with Gasteiger partial charge in [0.15, 0.2) is 0 Å². The van der Waals surface area contributed by atoms with Gasteiger partial charge in [0.1, 0.15) is 0 Å². The minimum Gasteiger partial charge on any atom is -0.462 e. The van der Waals surface area contributed by atoms with Gasteiger partial charge in [0.2, 0.25) is 0 Å². The van der Waals surface area contributed by atoms with Crippen molar-refractivity contribution in [1.82, 2.24) is 0 Å². The standard InChI is InChI=1S/C15H16BrNO2S/c1-3-19-15(18)11-4-6-13(7-5-11)17-10(2)14-8-12(16)9-20-14/h4-10,17H,3H2,1-2H3. The van der Waals surface area contributed by atoms with Crippen LogP contribution in [0.2, 0.25) is 0 Å². The number of thiophene rings is 1. The first-order valence-electron chi connectivity index (χ1n) is 6.37. The number of anilines is 1. The zero-order valence-electron chi connectivity index (χ0n) is 11.4. The van der Waals surface area contributed by atoms with Crippen molar-refractivity contribution >= 4 is 38.9 Å². The number of rotatable bonds is 5. The van der Waals surface area contributed by atoms with Gasteiger partial charge in [-0.3, -0.25) is 0 Å². The van der Waals surface area contributed by atoms with Crippen LogP contribution in [-0.2, 0) is 4.74 Å². The van der Waals surface area contributed by atoms with Crippen LogP contribution in [-0.4, -0.2) is 12.6 Å². The topological polar surface area (TPSA) is 38.3 Å². The second kappa shape index (κ2) is 6.90. The fourth-order valence-electron chi connectivity index (χ4n) is 1.79. The highest BCUT2D eigenvalue weighted by atomic mass is 79.9. The zero-order chi connectivity index (χ0) is 14.5. The third-order valence-corrected chi connectivity index (χ3v) is 4.67. The van der Waals surface area contributed by atoms with E-state index in [9.17, 15) is 4.79 Å². The molecule has 0 fully saturated rings. The molecule has 2 rings (SSSR count). The molecule has 0 aliphatic carbocycles.